The number of nitrogens with one attached hydrogen (secondary N) is 1. The zero-order chi connectivity index (χ0) is 12.8. The largest absolute Gasteiger partial charge is 0.380 e. The third-order valence-corrected chi connectivity index (χ3v) is 4.11. The number of methoxy groups -OCH3 is 1. The van der Waals surface area contributed by atoms with Crippen molar-refractivity contribution in [2.45, 2.75) is 38.0 Å². The van der Waals surface area contributed by atoms with Crippen LogP contribution in [0.4, 0.5) is 0 Å². The Balaban J connectivity index is 2.41. The van der Waals surface area contributed by atoms with Gasteiger partial charge >= 0.3 is 0 Å². The highest BCUT2D eigenvalue weighted by Crippen LogP contribution is 2.14. The highest BCUT2D eigenvalue weighted by atomic mass is 32.2. The van der Waals surface area contributed by atoms with Crippen molar-refractivity contribution < 1.29 is 9.53 Å². The fourth-order valence-electron chi connectivity index (χ4n) is 2.02. The van der Waals surface area contributed by atoms with Crippen LogP contribution in [-0.4, -0.2) is 61.7 Å². The number of hydrogen-bond donors (Lipinski definition) is 1. The summed E-state index contributed by atoms with van der Waals surface area (Å²) in [6.45, 7) is 2.89. The number of ether oxygens (including phenoxy) is 1. The molecule has 5 heteroatoms. The fourth-order valence-corrected chi connectivity index (χ4v) is 2.59. The molecule has 0 spiro atoms. The highest BCUT2D eigenvalue weighted by Gasteiger charge is 2.32. The summed E-state index contributed by atoms with van der Waals surface area (Å²) in [5, 5.41) is 3.23. The predicted molar refractivity (Wildman–Crippen MR) is 72.4 cm³/mol. The zero-order valence-corrected chi connectivity index (χ0v) is 12.0. The van der Waals surface area contributed by atoms with E-state index < -0.39 is 0 Å². The Morgan fingerprint density at radius 3 is 2.88 bits per heavy atom. The number of likely N-dealkylation sites (N-methyl/N-ethyl adjacent to an activating group) is 1. The quantitative estimate of drug-likeness (QED) is 0.772. The molecule has 0 aromatic carbocycles. The van der Waals surface area contributed by atoms with Gasteiger partial charge in [0.1, 0.15) is 0 Å². The summed E-state index contributed by atoms with van der Waals surface area (Å²) < 4.78 is 5.26. The number of amides is 1. The standard InChI is InChI=1S/C12H24N2O2S/c1-9(5-6-17-4)14(2)12(15)11-7-10(16-3)8-13-11/h9-11,13H,5-8H2,1-4H3. The summed E-state index contributed by atoms with van der Waals surface area (Å²) in [6.07, 6.45) is 4.11. The molecule has 4 nitrogen and oxygen atoms in total. The van der Waals surface area contributed by atoms with E-state index >= 15 is 0 Å². The molecule has 100 valence electrons. The second-order valence-electron chi connectivity index (χ2n) is 4.63. The first kappa shape index (κ1) is 14.8. The Bertz CT molecular complexity index is 251. The summed E-state index contributed by atoms with van der Waals surface area (Å²) in [7, 11) is 3.60. The van der Waals surface area contributed by atoms with Crippen molar-refractivity contribution >= 4 is 17.7 Å². The first-order valence-electron chi connectivity index (χ1n) is 6.12. The molecule has 0 aromatic rings. The van der Waals surface area contributed by atoms with Gasteiger partial charge in [-0.2, -0.15) is 11.8 Å². The molecule has 3 atom stereocenters. The molecule has 1 aliphatic rings. The zero-order valence-electron chi connectivity index (χ0n) is 11.2. The normalized spacial score (nSPS) is 25.9. The van der Waals surface area contributed by atoms with Crippen LogP contribution < -0.4 is 5.32 Å². The highest BCUT2D eigenvalue weighted by molar-refractivity contribution is 7.98. The average molecular weight is 260 g/mol. The van der Waals surface area contributed by atoms with E-state index in [1.54, 1.807) is 7.11 Å². The summed E-state index contributed by atoms with van der Waals surface area (Å²) >= 11 is 1.82. The molecule has 0 bridgehead atoms. The second kappa shape index (κ2) is 7.24. The van der Waals surface area contributed by atoms with Gasteiger partial charge in [-0.3, -0.25) is 4.79 Å². The SMILES string of the molecule is COC1CNC(C(=O)N(C)C(C)CCSC)C1. The van der Waals surface area contributed by atoms with Crippen molar-refractivity contribution in [1.82, 2.24) is 10.2 Å². The molecule has 1 amide bonds. The topological polar surface area (TPSA) is 41.6 Å². The molecule has 1 heterocycles. The fraction of sp³-hybridized carbons (Fsp3) is 0.917. The van der Waals surface area contributed by atoms with Crippen LogP contribution in [0.15, 0.2) is 0 Å². The monoisotopic (exact) mass is 260 g/mol. The van der Waals surface area contributed by atoms with Gasteiger partial charge < -0.3 is 15.0 Å². The second-order valence-corrected chi connectivity index (χ2v) is 5.62. The minimum atomic E-state index is -0.0679. The van der Waals surface area contributed by atoms with Crippen LogP contribution in [0.2, 0.25) is 0 Å². The van der Waals surface area contributed by atoms with Crippen molar-refractivity contribution in [2.75, 3.05) is 32.7 Å². The molecule has 1 rings (SSSR count). The molecule has 0 aliphatic carbocycles. The van der Waals surface area contributed by atoms with Gasteiger partial charge in [-0.15, -0.1) is 0 Å². The predicted octanol–water partition coefficient (Wildman–Crippen LogP) is 0.963. The Hall–Kier alpha value is -0.260. The molecular formula is C12H24N2O2S. The molecule has 17 heavy (non-hydrogen) atoms. The van der Waals surface area contributed by atoms with Crippen LogP contribution in [-0.2, 0) is 9.53 Å². The van der Waals surface area contributed by atoms with Gasteiger partial charge in [0.15, 0.2) is 0 Å². The van der Waals surface area contributed by atoms with Gasteiger partial charge in [-0.1, -0.05) is 0 Å². The lowest BCUT2D eigenvalue weighted by Crippen LogP contribution is -2.45. The van der Waals surface area contributed by atoms with Crippen LogP contribution in [0.1, 0.15) is 19.8 Å². The van der Waals surface area contributed by atoms with Gasteiger partial charge in [0.25, 0.3) is 0 Å². The number of carbonyl (C=O) groups excluding carboxylic acids is 1. The number of thioether (sulfide) groups is 1. The Labute approximate surface area is 108 Å². The molecule has 0 saturated carbocycles. The third kappa shape index (κ3) is 4.16. The Kier molecular flexibility index (Phi) is 6.30. The summed E-state index contributed by atoms with van der Waals surface area (Å²) in [6, 6.07) is 0.236. The minimum Gasteiger partial charge on any atom is -0.380 e. The molecular weight excluding hydrogens is 236 g/mol. The van der Waals surface area contributed by atoms with Crippen LogP contribution in [0.3, 0.4) is 0 Å². The maximum atomic E-state index is 12.2. The van der Waals surface area contributed by atoms with Gasteiger partial charge in [-0.05, 0) is 31.8 Å². The summed E-state index contributed by atoms with van der Waals surface area (Å²) in [5.74, 6) is 1.29. The van der Waals surface area contributed by atoms with E-state index in [2.05, 4.69) is 18.5 Å². The lowest BCUT2D eigenvalue weighted by Gasteiger charge is -2.27. The number of rotatable bonds is 6. The van der Waals surface area contributed by atoms with Crippen molar-refractivity contribution in [1.29, 1.82) is 0 Å². The smallest absolute Gasteiger partial charge is 0.239 e. The van der Waals surface area contributed by atoms with Crippen molar-refractivity contribution in [2.24, 2.45) is 0 Å². The molecule has 0 radical (unpaired) electrons. The van der Waals surface area contributed by atoms with E-state index in [9.17, 15) is 4.79 Å². The van der Waals surface area contributed by atoms with Gasteiger partial charge in [0, 0.05) is 26.7 Å². The number of hydrogen-bond acceptors (Lipinski definition) is 4. The van der Waals surface area contributed by atoms with Gasteiger partial charge in [0.05, 0.1) is 12.1 Å². The van der Waals surface area contributed by atoms with E-state index in [-0.39, 0.29) is 18.1 Å². The maximum absolute atomic E-state index is 12.2. The van der Waals surface area contributed by atoms with Crippen LogP contribution >= 0.6 is 11.8 Å². The first-order valence-corrected chi connectivity index (χ1v) is 7.51. The number of nitrogens with zero attached hydrogens (tertiary/aromatic N) is 1. The lowest BCUT2D eigenvalue weighted by molar-refractivity contribution is -0.133. The van der Waals surface area contributed by atoms with E-state index in [4.69, 9.17) is 4.74 Å². The number of carbonyl (C=O) groups is 1. The summed E-state index contributed by atoms with van der Waals surface area (Å²) in [4.78, 5) is 14.1. The maximum Gasteiger partial charge on any atom is 0.239 e. The molecule has 1 saturated heterocycles. The van der Waals surface area contributed by atoms with Crippen molar-refractivity contribution in [3.8, 4) is 0 Å². The Morgan fingerprint density at radius 2 is 2.35 bits per heavy atom. The lowest BCUT2D eigenvalue weighted by atomic mass is 10.1. The van der Waals surface area contributed by atoms with Crippen molar-refractivity contribution in [3.05, 3.63) is 0 Å². The van der Waals surface area contributed by atoms with Gasteiger partial charge in [-0.25, -0.2) is 0 Å². The van der Waals surface area contributed by atoms with Crippen LogP contribution in [0.5, 0.6) is 0 Å². The third-order valence-electron chi connectivity index (χ3n) is 3.47. The van der Waals surface area contributed by atoms with Crippen LogP contribution in [0, 0.1) is 0 Å². The molecule has 0 aromatic heterocycles. The molecule has 3 unspecified atom stereocenters. The van der Waals surface area contributed by atoms with E-state index in [0.717, 1.165) is 25.1 Å². The molecule has 1 fully saturated rings. The average Bonchev–Trinajstić information content (AvgIpc) is 2.82. The molecule has 1 aliphatic heterocycles. The van der Waals surface area contributed by atoms with E-state index in [1.807, 2.05) is 23.7 Å². The van der Waals surface area contributed by atoms with Crippen LogP contribution in [0.25, 0.3) is 0 Å². The van der Waals surface area contributed by atoms with E-state index in [0.29, 0.717) is 6.04 Å². The molecule has 1 N–H and O–H groups in total. The van der Waals surface area contributed by atoms with Gasteiger partial charge in [0.2, 0.25) is 5.91 Å². The first-order chi connectivity index (χ1) is 8.10. The summed E-state index contributed by atoms with van der Waals surface area (Å²) in [5.41, 5.74) is 0. The minimum absolute atomic E-state index is 0.0679. The van der Waals surface area contributed by atoms with E-state index in [1.165, 1.54) is 0 Å². The van der Waals surface area contributed by atoms with Crippen molar-refractivity contribution in [3.63, 3.8) is 0 Å². The Morgan fingerprint density at radius 1 is 1.65 bits per heavy atom.